The van der Waals surface area contributed by atoms with Gasteiger partial charge in [0.15, 0.2) is 0 Å². The van der Waals surface area contributed by atoms with Crippen LogP contribution in [0.15, 0.2) is 30.3 Å². The molecule has 0 saturated carbocycles. The zero-order valence-electron chi connectivity index (χ0n) is 6.91. The minimum atomic E-state index is -0.943. The molecule has 0 spiro atoms. The zero-order chi connectivity index (χ0) is 8.81. The average molecular weight is 269 g/mol. The van der Waals surface area contributed by atoms with Crippen LogP contribution in [0.1, 0.15) is 12.5 Å². The minimum absolute atomic E-state index is 0.141. The molecule has 1 aromatic rings. The number of benzene rings is 1. The molecule has 1 aromatic carbocycles. The van der Waals surface area contributed by atoms with E-state index in [1.165, 1.54) is 12.5 Å². The summed E-state index contributed by atoms with van der Waals surface area (Å²) in [6, 6.07) is 10.1. The van der Waals surface area contributed by atoms with Gasteiger partial charge in [-0.3, -0.25) is 0 Å². The van der Waals surface area contributed by atoms with Crippen LogP contribution < -0.4 is 0 Å². The topological polar surface area (TPSA) is 26.3 Å². The van der Waals surface area contributed by atoms with Crippen LogP contribution in [0.25, 0.3) is 0 Å². The van der Waals surface area contributed by atoms with Crippen molar-refractivity contribution >= 4 is 27.5 Å². The van der Waals surface area contributed by atoms with Crippen molar-refractivity contribution in [3.8, 4) is 0 Å². The van der Waals surface area contributed by atoms with Crippen molar-refractivity contribution in [1.82, 2.24) is 0 Å². The maximum absolute atomic E-state index is 10.5. The molecule has 0 unspecified atom stereocenters. The molecule has 1 rings (SSSR count). The van der Waals surface area contributed by atoms with E-state index in [-0.39, 0.29) is 5.97 Å². The van der Waals surface area contributed by atoms with Crippen LogP contribution in [0.2, 0.25) is 0 Å². The molecule has 0 fully saturated rings. The van der Waals surface area contributed by atoms with Gasteiger partial charge >= 0.3 is 82.7 Å². The van der Waals surface area contributed by atoms with Gasteiger partial charge in [-0.05, 0) is 0 Å². The first kappa shape index (κ1) is 9.58. The summed E-state index contributed by atoms with van der Waals surface area (Å²) in [6.45, 7) is 1.46. The Balaban J connectivity index is 2.29. The molecule has 0 saturated heterocycles. The summed E-state index contributed by atoms with van der Waals surface area (Å²) in [6.07, 6.45) is 0. The zero-order valence-corrected chi connectivity index (χ0v) is 9.76. The van der Waals surface area contributed by atoms with E-state index in [1.807, 2.05) is 18.2 Å². The Kier molecular flexibility index (Phi) is 4.14. The molecule has 3 heteroatoms. The fourth-order valence-electron chi connectivity index (χ4n) is 0.817. The van der Waals surface area contributed by atoms with Crippen LogP contribution in [0, 0.1) is 0 Å². The third-order valence-electron chi connectivity index (χ3n) is 1.34. The SMILES string of the molecule is CC(=O)[O][Sn][CH2]c1ccccc1. The standard InChI is InChI=1S/C7H7.C2H4O2.Sn/c1-7-5-3-2-4-6-7;1-2(3)4;/h2-6H,1H2;1H3,(H,3,4);/q;;+1/p-1. The molecule has 0 atom stereocenters. The van der Waals surface area contributed by atoms with Gasteiger partial charge in [0, 0.05) is 0 Å². The van der Waals surface area contributed by atoms with Crippen molar-refractivity contribution in [2.45, 2.75) is 11.4 Å². The summed E-state index contributed by atoms with van der Waals surface area (Å²) in [5, 5.41) is 0. The molecule has 0 N–H and O–H groups in total. The van der Waals surface area contributed by atoms with Crippen LogP contribution in [0.3, 0.4) is 0 Å². The van der Waals surface area contributed by atoms with Crippen LogP contribution in [0.4, 0.5) is 0 Å². The van der Waals surface area contributed by atoms with Gasteiger partial charge in [-0.2, -0.15) is 0 Å². The Morgan fingerprint density at radius 1 is 1.42 bits per heavy atom. The van der Waals surface area contributed by atoms with Crippen molar-refractivity contribution in [1.29, 1.82) is 0 Å². The Bertz CT molecular complexity index is 246. The quantitative estimate of drug-likeness (QED) is 0.774. The van der Waals surface area contributed by atoms with Crippen molar-refractivity contribution < 1.29 is 7.87 Å². The number of hydrogen-bond acceptors (Lipinski definition) is 2. The van der Waals surface area contributed by atoms with Crippen molar-refractivity contribution in [2.75, 3.05) is 0 Å². The molecule has 2 radical (unpaired) electrons. The van der Waals surface area contributed by atoms with Crippen LogP contribution in [-0.2, 0) is 12.3 Å². The van der Waals surface area contributed by atoms with E-state index in [9.17, 15) is 4.79 Å². The van der Waals surface area contributed by atoms with E-state index in [0.717, 1.165) is 4.44 Å². The van der Waals surface area contributed by atoms with Crippen molar-refractivity contribution in [3.05, 3.63) is 35.9 Å². The summed E-state index contributed by atoms with van der Waals surface area (Å²) in [5.41, 5.74) is 1.27. The molecular weight excluding hydrogens is 259 g/mol. The van der Waals surface area contributed by atoms with Crippen LogP contribution in [-0.4, -0.2) is 27.5 Å². The van der Waals surface area contributed by atoms with E-state index >= 15 is 0 Å². The molecule has 0 bridgehead atoms. The molecule has 2 nitrogen and oxygen atoms in total. The fraction of sp³-hybridized carbons (Fsp3) is 0.222. The fourth-order valence-corrected chi connectivity index (χ4v) is 2.75. The van der Waals surface area contributed by atoms with E-state index in [4.69, 9.17) is 3.07 Å². The molecule has 0 amide bonds. The normalized spacial score (nSPS) is 9.42. The second kappa shape index (κ2) is 5.19. The van der Waals surface area contributed by atoms with Crippen molar-refractivity contribution in [3.63, 3.8) is 0 Å². The second-order valence-electron chi connectivity index (χ2n) is 2.40. The van der Waals surface area contributed by atoms with Gasteiger partial charge in [0.2, 0.25) is 0 Å². The third-order valence-corrected chi connectivity index (χ3v) is 4.14. The summed E-state index contributed by atoms with van der Waals surface area (Å²) in [4.78, 5) is 10.5. The first-order valence-electron chi connectivity index (χ1n) is 3.73. The summed E-state index contributed by atoms with van der Waals surface area (Å²) >= 11 is -0.943. The van der Waals surface area contributed by atoms with Gasteiger partial charge in [-0.25, -0.2) is 0 Å². The van der Waals surface area contributed by atoms with Gasteiger partial charge in [0.25, 0.3) is 0 Å². The number of rotatable bonds is 3. The molecule has 62 valence electrons. The Morgan fingerprint density at radius 3 is 2.67 bits per heavy atom. The molecule has 12 heavy (non-hydrogen) atoms. The molecule has 0 heterocycles. The Hall–Kier alpha value is -0.511. The first-order chi connectivity index (χ1) is 5.79. The van der Waals surface area contributed by atoms with Gasteiger partial charge in [0.05, 0.1) is 0 Å². The predicted octanol–water partition coefficient (Wildman–Crippen LogP) is 1.37. The molecular formula is C9H10O2Sn. The van der Waals surface area contributed by atoms with Gasteiger partial charge in [-0.15, -0.1) is 0 Å². The number of carbonyl (C=O) groups excluding carboxylic acids is 1. The van der Waals surface area contributed by atoms with Crippen LogP contribution in [0.5, 0.6) is 0 Å². The van der Waals surface area contributed by atoms with Gasteiger partial charge < -0.3 is 0 Å². The summed E-state index contributed by atoms with van der Waals surface area (Å²) < 4.78 is 5.94. The maximum atomic E-state index is 10.5. The first-order valence-corrected chi connectivity index (χ1v) is 6.91. The average Bonchev–Trinajstić information content (AvgIpc) is 2.05. The molecule has 0 aliphatic carbocycles. The molecule has 0 aliphatic heterocycles. The van der Waals surface area contributed by atoms with E-state index in [1.54, 1.807) is 0 Å². The summed E-state index contributed by atoms with van der Waals surface area (Å²) in [5.74, 6) is -0.141. The molecule has 0 aliphatic rings. The third kappa shape index (κ3) is 3.76. The van der Waals surface area contributed by atoms with E-state index in [2.05, 4.69) is 12.1 Å². The summed E-state index contributed by atoms with van der Waals surface area (Å²) in [7, 11) is 0. The van der Waals surface area contributed by atoms with E-state index in [0.29, 0.717) is 0 Å². The number of carbonyl (C=O) groups is 1. The van der Waals surface area contributed by atoms with Crippen molar-refractivity contribution in [2.24, 2.45) is 0 Å². The monoisotopic (exact) mass is 270 g/mol. The second-order valence-corrected chi connectivity index (χ2v) is 4.82. The van der Waals surface area contributed by atoms with Gasteiger partial charge in [-0.1, -0.05) is 0 Å². The Labute approximate surface area is 82.7 Å². The van der Waals surface area contributed by atoms with Crippen LogP contribution >= 0.6 is 0 Å². The Morgan fingerprint density at radius 2 is 2.08 bits per heavy atom. The van der Waals surface area contributed by atoms with Gasteiger partial charge in [0.1, 0.15) is 0 Å². The number of hydrogen-bond donors (Lipinski definition) is 0. The van der Waals surface area contributed by atoms with E-state index < -0.39 is 21.6 Å². The molecule has 0 aromatic heterocycles. The predicted molar refractivity (Wildman–Crippen MR) is 47.7 cm³/mol.